The Morgan fingerprint density at radius 1 is 1.20 bits per heavy atom. The molecule has 0 aliphatic heterocycles. The summed E-state index contributed by atoms with van der Waals surface area (Å²) in [5.74, 6) is 0.233. The Bertz CT molecular complexity index is 746. The highest BCUT2D eigenvalue weighted by Crippen LogP contribution is 2.33. The van der Waals surface area contributed by atoms with Crippen molar-refractivity contribution in [2.24, 2.45) is 0 Å². The second-order valence-corrected chi connectivity index (χ2v) is 6.30. The van der Waals surface area contributed by atoms with Crippen molar-refractivity contribution in [1.29, 1.82) is 0 Å². The normalized spacial score (nSPS) is 10.3. The van der Waals surface area contributed by atoms with Crippen LogP contribution in [0.15, 0.2) is 47.4 Å². The molecule has 2 rings (SSSR count). The molecule has 0 N–H and O–H groups in total. The fraction of sp³-hybridized carbons (Fsp3) is 0.278. The maximum absolute atomic E-state index is 11.4. The number of hydrogen-bond acceptors (Lipinski definition) is 6. The molecular formula is C18H19NO5S. The molecule has 7 heteroatoms. The number of nitrogens with zero attached hydrogens (tertiary/aromatic N) is 1. The molecule has 0 aromatic heterocycles. The number of esters is 1. The van der Waals surface area contributed by atoms with Gasteiger partial charge >= 0.3 is 11.7 Å². The Hall–Kier alpha value is -2.54. The first-order chi connectivity index (χ1) is 12.0. The van der Waals surface area contributed by atoms with E-state index in [9.17, 15) is 14.9 Å². The van der Waals surface area contributed by atoms with Gasteiger partial charge in [0.2, 0.25) is 0 Å². The van der Waals surface area contributed by atoms with Gasteiger partial charge in [-0.25, -0.2) is 4.79 Å². The summed E-state index contributed by atoms with van der Waals surface area (Å²) in [7, 11) is 0. The minimum atomic E-state index is -0.561. The molecule has 2 aromatic rings. The third kappa shape index (κ3) is 5.79. The van der Waals surface area contributed by atoms with Crippen molar-refractivity contribution >= 4 is 23.4 Å². The van der Waals surface area contributed by atoms with Gasteiger partial charge in [0.05, 0.1) is 11.5 Å². The molecule has 0 radical (unpaired) electrons. The molecule has 0 atom stereocenters. The van der Waals surface area contributed by atoms with Gasteiger partial charge in [0.25, 0.3) is 0 Å². The fourth-order valence-corrected chi connectivity index (χ4v) is 2.92. The summed E-state index contributed by atoms with van der Waals surface area (Å²) >= 11 is 1.54. The number of ether oxygens (including phenoxy) is 2. The minimum Gasteiger partial charge on any atom is -0.475 e. The van der Waals surface area contributed by atoms with Gasteiger partial charge in [-0.05, 0) is 25.5 Å². The number of carbonyl (C=O) groups excluding carboxylic acids is 1. The Balaban J connectivity index is 2.08. The van der Waals surface area contributed by atoms with Gasteiger partial charge in [0.15, 0.2) is 12.4 Å². The zero-order valence-corrected chi connectivity index (χ0v) is 14.9. The summed E-state index contributed by atoms with van der Waals surface area (Å²) in [4.78, 5) is 22.8. The van der Waals surface area contributed by atoms with Gasteiger partial charge in [-0.15, -0.1) is 11.8 Å². The van der Waals surface area contributed by atoms with E-state index in [1.165, 1.54) is 23.4 Å². The Morgan fingerprint density at radius 2 is 1.92 bits per heavy atom. The number of aryl methyl sites for hydroxylation is 1. The van der Waals surface area contributed by atoms with Crippen molar-refractivity contribution < 1.29 is 19.2 Å². The largest absolute Gasteiger partial charge is 0.475 e. The summed E-state index contributed by atoms with van der Waals surface area (Å²) in [6.45, 7) is 3.58. The molecule has 0 amide bonds. The summed E-state index contributed by atoms with van der Waals surface area (Å²) < 4.78 is 10.1. The van der Waals surface area contributed by atoms with Crippen LogP contribution in [-0.2, 0) is 15.3 Å². The molecule has 0 fully saturated rings. The summed E-state index contributed by atoms with van der Waals surface area (Å²) in [6, 6.07) is 12.8. The first-order valence-electron chi connectivity index (χ1n) is 7.74. The second kappa shape index (κ2) is 9.08. The lowest BCUT2D eigenvalue weighted by molar-refractivity contribution is -0.385. The van der Waals surface area contributed by atoms with Crippen molar-refractivity contribution in [3.8, 4) is 5.75 Å². The lowest BCUT2D eigenvalue weighted by atomic mass is 10.2. The maximum atomic E-state index is 11.4. The summed E-state index contributed by atoms with van der Waals surface area (Å²) in [5.41, 5.74) is 2.17. The predicted octanol–water partition coefficient (Wildman–Crippen LogP) is 4.14. The lowest BCUT2D eigenvalue weighted by Crippen LogP contribution is -2.15. The van der Waals surface area contributed by atoms with Crippen LogP contribution in [-0.4, -0.2) is 24.1 Å². The van der Waals surface area contributed by atoms with Crippen molar-refractivity contribution in [3.05, 3.63) is 63.7 Å². The molecule has 0 aliphatic carbocycles. The van der Waals surface area contributed by atoms with Crippen molar-refractivity contribution in [2.75, 3.05) is 13.2 Å². The number of benzene rings is 2. The van der Waals surface area contributed by atoms with E-state index in [0.29, 0.717) is 0 Å². The Labute approximate surface area is 150 Å². The van der Waals surface area contributed by atoms with E-state index in [-0.39, 0.29) is 24.7 Å². The average molecular weight is 361 g/mol. The van der Waals surface area contributed by atoms with Gasteiger partial charge in [0, 0.05) is 22.8 Å². The molecule has 0 heterocycles. The highest BCUT2D eigenvalue weighted by Gasteiger charge is 2.17. The minimum absolute atomic E-state index is 0.0620. The van der Waals surface area contributed by atoms with E-state index < -0.39 is 10.9 Å². The summed E-state index contributed by atoms with van der Waals surface area (Å²) in [5, 5.41) is 11.1. The molecule has 0 saturated carbocycles. The Morgan fingerprint density at radius 3 is 2.56 bits per heavy atom. The van der Waals surface area contributed by atoms with Gasteiger partial charge in [0.1, 0.15) is 0 Å². The van der Waals surface area contributed by atoms with Crippen LogP contribution >= 0.6 is 11.8 Å². The van der Waals surface area contributed by atoms with Crippen LogP contribution < -0.4 is 4.74 Å². The molecule has 0 bridgehead atoms. The number of rotatable bonds is 8. The van der Waals surface area contributed by atoms with E-state index in [0.717, 1.165) is 16.2 Å². The third-order valence-electron chi connectivity index (χ3n) is 3.30. The monoisotopic (exact) mass is 361 g/mol. The van der Waals surface area contributed by atoms with Gasteiger partial charge in [-0.1, -0.05) is 29.8 Å². The Kier molecular flexibility index (Phi) is 6.82. The predicted molar refractivity (Wildman–Crippen MR) is 96.0 cm³/mol. The smallest absolute Gasteiger partial charge is 0.344 e. The number of carbonyl (C=O) groups is 1. The topological polar surface area (TPSA) is 78.7 Å². The van der Waals surface area contributed by atoms with Crippen molar-refractivity contribution in [3.63, 3.8) is 0 Å². The first-order valence-corrected chi connectivity index (χ1v) is 8.73. The summed E-state index contributed by atoms with van der Waals surface area (Å²) in [6.07, 6.45) is 0. The molecular weight excluding hydrogens is 342 g/mol. The van der Waals surface area contributed by atoms with Gasteiger partial charge in [-0.3, -0.25) is 10.1 Å². The lowest BCUT2D eigenvalue weighted by Gasteiger charge is -2.08. The molecule has 2 aromatic carbocycles. The van der Waals surface area contributed by atoms with E-state index >= 15 is 0 Å². The van der Waals surface area contributed by atoms with Crippen molar-refractivity contribution in [1.82, 2.24) is 0 Å². The van der Waals surface area contributed by atoms with Crippen LogP contribution in [0.3, 0.4) is 0 Å². The zero-order chi connectivity index (χ0) is 18.2. The van der Waals surface area contributed by atoms with E-state index in [2.05, 4.69) is 0 Å². The number of nitro groups is 1. The SMILES string of the molecule is CCOC(=O)COc1cc(SCc2ccc(C)cc2)ccc1[N+](=O)[O-]. The first kappa shape index (κ1) is 18.8. The number of thioether (sulfide) groups is 1. The second-order valence-electron chi connectivity index (χ2n) is 5.25. The molecule has 132 valence electrons. The van der Waals surface area contributed by atoms with Crippen LogP contribution in [0.25, 0.3) is 0 Å². The van der Waals surface area contributed by atoms with Gasteiger partial charge < -0.3 is 9.47 Å². The standard InChI is InChI=1S/C18H19NO5S/c1-3-23-18(20)11-24-17-10-15(8-9-16(17)19(21)22)25-12-14-6-4-13(2)5-7-14/h4-10H,3,11-12H2,1-2H3. The molecule has 0 spiro atoms. The number of nitro benzene ring substituents is 1. The zero-order valence-electron chi connectivity index (χ0n) is 14.1. The van der Waals surface area contributed by atoms with E-state index in [4.69, 9.17) is 9.47 Å². The number of hydrogen-bond donors (Lipinski definition) is 0. The van der Waals surface area contributed by atoms with Crippen LogP contribution in [0.5, 0.6) is 5.75 Å². The molecule has 0 unspecified atom stereocenters. The van der Waals surface area contributed by atoms with Crippen LogP contribution in [0.2, 0.25) is 0 Å². The van der Waals surface area contributed by atoms with E-state index in [1.54, 1.807) is 19.1 Å². The highest BCUT2D eigenvalue weighted by atomic mass is 32.2. The van der Waals surface area contributed by atoms with E-state index in [1.807, 2.05) is 31.2 Å². The molecule has 6 nitrogen and oxygen atoms in total. The maximum Gasteiger partial charge on any atom is 0.344 e. The fourth-order valence-electron chi connectivity index (χ4n) is 2.04. The van der Waals surface area contributed by atoms with Crippen LogP contribution in [0, 0.1) is 17.0 Å². The van der Waals surface area contributed by atoms with Crippen molar-refractivity contribution in [2.45, 2.75) is 24.5 Å². The van der Waals surface area contributed by atoms with Crippen LogP contribution in [0.1, 0.15) is 18.1 Å². The van der Waals surface area contributed by atoms with Crippen LogP contribution in [0.4, 0.5) is 5.69 Å². The molecule has 25 heavy (non-hydrogen) atoms. The van der Waals surface area contributed by atoms with Gasteiger partial charge in [-0.2, -0.15) is 0 Å². The third-order valence-corrected chi connectivity index (χ3v) is 4.37. The molecule has 0 saturated heterocycles. The molecule has 0 aliphatic rings. The quantitative estimate of drug-likeness (QED) is 0.304. The average Bonchev–Trinajstić information content (AvgIpc) is 2.59. The highest BCUT2D eigenvalue weighted by molar-refractivity contribution is 7.98.